The van der Waals surface area contributed by atoms with Crippen molar-refractivity contribution in [2.75, 3.05) is 24.9 Å². The number of benzene rings is 1. The van der Waals surface area contributed by atoms with Crippen LogP contribution in [0.15, 0.2) is 47.2 Å². The Kier molecular flexibility index (Phi) is 4.76. The maximum absolute atomic E-state index is 5.35. The molecule has 0 amide bonds. The summed E-state index contributed by atoms with van der Waals surface area (Å²) in [6.45, 7) is 0.476. The van der Waals surface area contributed by atoms with E-state index in [0.717, 1.165) is 11.4 Å². The maximum Gasteiger partial charge on any atom is 0.245 e. The lowest BCUT2D eigenvalue weighted by atomic mass is 10.2. The van der Waals surface area contributed by atoms with E-state index in [1.54, 1.807) is 26.5 Å². The van der Waals surface area contributed by atoms with Crippen molar-refractivity contribution >= 4 is 17.5 Å². The molecule has 124 valence electrons. The highest BCUT2D eigenvalue weighted by atomic mass is 16.5. The van der Waals surface area contributed by atoms with Crippen LogP contribution in [0.3, 0.4) is 0 Å². The zero-order chi connectivity index (χ0) is 16.8. The van der Waals surface area contributed by atoms with Crippen LogP contribution >= 0.6 is 0 Å². The number of nitrogens with one attached hydrogen (secondary N) is 2. The monoisotopic (exact) mass is 327 g/mol. The molecule has 2 N–H and O–H groups in total. The van der Waals surface area contributed by atoms with Crippen LogP contribution in [0.5, 0.6) is 11.5 Å². The molecule has 1 aromatic carbocycles. The van der Waals surface area contributed by atoms with E-state index < -0.39 is 0 Å². The van der Waals surface area contributed by atoms with Gasteiger partial charge in [-0.05, 0) is 24.3 Å². The lowest BCUT2D eigenvalue weighted by Gasteiger charge is -2.12. The molecule has 0 aliphatic rings. The fourth-order valence-corrected chi connectivity index (χ4v) is 2.06. The summed E-state index contributed by atoms with van der Waals surface area (Å²) < 4.78 is 15.8. The number of furan rings is 1. The van der Waals surface area contributed by atoms with Gasteiger partial charge in [0.1, 0.15) is 17.3 Å². The van der Waals surface area contributed by atoms with Gasteiger partial charge in [0.15, 0.2) is 5.82 Å². The molecule has 8 nitrogen and oxygen atoms in total. The average Bonchev–Trinajstić information content (AvgIpc) is 3.14. The number of rotatable bonds is 7. The molecule has 2 heterocycles. The third-order valence-corrected chi connectivity index (χ3v) is 3.23. The highest BCUT2D eigenvalue weighted by Crippen LogP contribution is 2.30. The fraction of sp³-hybridized carbons (Fsp3) is 0.188. The fourth-order valence-electron chi connectivity index (χ4n) is 2.06. The van der Waals surface area contributed by atoms with Gasteiger partial charge in [0.2, 0.25) is 5.95 Å². The van der Waals surface area contributed by atoms with Gasteiger partial charge in [-0.1, -0.05) is 0 Å². The first kappa shape index (κ1) is 15.6. The Bertz CT molecular complexity index is 792. The highest BCUT2D eigenvalue weighted by Gasteiger charge is 2.07. The van der Waals surface area contributed by atoms with Crippen molar-refractivity contribution in [1.29, 1.82) is 0 Å². The minimum absolute atomic E-state index is 0.392. The number of methoxy groups -OCH3 is 2. The standard InChI is InChI=1S/C16H17N5O3/c1-22-11-5-6-13(14(8-11)23-2)19-15-10-18-21-16(20-15)17-9-12-4-3-7-24-12/h3-8,10H,9H2,1-2H3,(H2,17,19,20,21). The SMILES string of the molecule is COc1ccc(Nc2cnnc(NCc3ccco3)n2)c(OC)c1. The third kappa shape index (κ3) is 3.72. The van der Waals surface area contributed by atoms with E-state index in [2.05, 4.69) is 25.8 Å². The molecule has 0 saturated carbocycles. The molecular formula is C16H17N5O3. The Morgan fingerprint density at radius 2 is 2.08 bits per heavy atom. The lowest BCUT2D eigenvalue weighted by Crippen LogP contribution is -2.06. The van der Waals surface area contributed by atoms with E-state index >= 15 is 0 Å². The quantitative estimate of drug-likeness (QED) is 0.684. The second-order valence-electron chi connectivity index (χ2n) is 4.79. The minimum atomic E-state index is 0.392. The molecule has 0 aliphatic carbocycles. The van der Waals surface area contributed by atoms with Crippen molar-refractivity contribution in [2.24, 2.45) is 0 Å². The van der Waals surface area contributed by atoms with Gasteiger partial charge in [-0.15, -0.1) is 5.10 Å². The molecule has 8 heteroatoms. The van der Waals surface area contributed by atoms with Gasteiger partial charge in [-0.3, -0.25) is 0 Å². The molecule has 3 rings (SSSR count). The molecule has 0 bridgehead atoms. The van der Waals surface area contributed by atoms with Crippen molar-refractivity contribution < 1.29 is 13.9 Å². The van der Waals surface area contributed by atoms with E-state index in [1.807, 2.05) is 24.3 Å². The number of nitrogens with zero attached hydrogens (tertiary/aromatic N) is 3. The summed E-state index contributed by atoms with van der Waals surface area (Å²) in [6.07, 6.45) is 3.14. The number of hydrogen-bond acceptors (Lipinski definition) is 8. The summed E-state index contributed by atoms with van der Waals surface area (Å²) in [5.74, 6) is 3.06. The summed E-state index contributed by atoms with van der Waals surface area (Å²) in [5, 5.41) is 14.1. The van der Waals surface area contributed by atoms with Gasteiger partial charge in [0.05, 0.1) is 38.9 Å². The second kappa shape index (κ2) is 7.32. The van der Waals surface area contributed by atoms with Crippen molar-refractivity contribution in [2.45, 2.75) is 6.54 Å². The molecule has 0 atom stereocenters. The van der Waals surface area contributed by atoms with Crippen LogP contribution in [0.1, 0.15) is 5.76 Å². The summed E-state index contributed by atoms with van der Waals surface area (Å²) in [6, 6.07) is 9.15. The second-order valence-corrected chi connectivity index (χ2v) is 4.79. The van der Waals surface area contributed by atoms with Crippen LogP contribution in [-0.2, 0) is 6.54 Å². The molecule has 0 aliphatic heterocycles. The topological polar surface area (TPSA) is 94.3 Å². The Hall–Kier alpha value is -3.29. The number of ether oxygens (including phenoxy) is 2. The first-order valence-corrected chi connectivity index (χ1v) is 7.23. The molecule has 0 radical (unpaired) electrons. The Morgan fingerprint density at radius 1 is 1.17 bits per heavy atom. The van der Waals surface area contributed by atoms with Crippen LogP contribution in [0.2, 0.25) is 0 Å². The Labute approximate surface area is 138 Å². The van der Waals surface area contributed by atoms with Gasteiger partial charge in [0.25, 0.3) is 0 Å². The molecule has 0 fully saturated rings. The predicted octanol–water partition coefficient (Wildman–Crippen LogP) is 2.84. The van der Waals surface area contributed by atoms with Crippen LogP contribution in [-0.4, -0.2) is 29.4 Å². The molecular weight excluding hydrogens is 310 g/mol. The molecule has 24 heavy (non-hydrogen) atoms. The van der Waals surface area contributed by atoms with Gasteiger partial charge in [-0.2, -0.15) is 10.1 Å². The molecule has 0 saturated heterocycles. The maximum atomic E-state index is 5.35. The largest absolute Gasteiger partial charge is 0.497 e. The van der Waals surface area contributed by atoms with Crippen molar-refractivity contribution in [3.63, 3.8) is 0 Å². The molecule has 0 spiro atoms. The van der Waals surface area contributed by atoms with Gasteiger partial charge >= 0.3 is 0 Å². The van der Waals surface area contributed by atoms with Crippen molar-refractivity contribution in [1.82, 2.24) is 15.2 Å². The number of hydrogen-bond donors (Lipinski definition) is 2. The predicted molar refractivity (Wildman–Crippen MR) is 88.7 cm³/mol. The average molecular weight is 327 g/mol. The Balaban J connectivity index is 1.72. The van der Waals surface area contributed by atoms with Crippen LogP contribution in [0, 0.1) is 0 Å². The smallest absolute Gasteiger partial charge is 0.245 e. The van der Waals surface area contributed by atoms with E-state index in [-0.39, 0.29) is 0 Å². The highest BCUT2D eigenvalue weighted by molar-refractivity contribution is 5.65. The van der Waals surface area contributed by atoms with Gasteiger partial charge < -0.3 is 24.5 Å². The zero-order valence-electron chi connectivity index (χ0n) is 13.3. The summed E-state index contributed by atoms with van der Waals surface area (Å²) in [7, 11) is 3.20. The van der Waals surface area contributed by atoms with E-state index in [9.17, 15) is 0 Å². The molecule has 0 unspecified atom stereocenters. The van der Waals surface area contributed by atoms with Crippen LogP contribution < -0.4 is 20.1 Å². The van der Waals surface area contributed by atoms with Crippen LogP contribution in [0.4, 0.5) is 17.5 Å². The number of anilines is 3. The summed E-state index contributed by atoms with van der Waals surface area (Å²) >= 11 is 0. The first-order valence-electron chi connectivity index (χ1n) is 7.23. The van der Waals surface area contributed by atoms with Gasteiger partial charge in [-0.25, -0.2) is 0 Å². The zero-order valence-corrected chi connectivity index (χ0v) is 13.3. The van der Waals surface area contributed by atoms with E-state index in [4.69, 9.17) is 13.9 Å². The number of aromatic nitrogens is 3. The molecule has 3 aromatic rings. The van der Waals surface area contributed by atoms with E-state index in [0.29, 0.717) is 29.8 Å². The normalized spacial score (nSPS) is 10.2. The lowest BCUT2D eigenvalue weighted by molar-refractivity contribution is 0.395. The van der Waals surface area contributed by atoms with Crippen molar-refractivity contribution in [3.05, 3.63) is 48.6 Å². The minimum Gasteiger partial charge on any atom is -0.497 e. The molecule has 2 aromatic heterocycles. The van der Waals surface area contributed by atoms with Gasteiger partial charge in [0, 0.05) is 6.07 Å². The van der Waals surface area contributed by atoms with E-state index in [1.165, 1.54) is 6.20 Å². The van der Waals surface area contributed by atoms with Crippen LogP contribution in [0.25, 0.3) is 0 Å². The van der Waals surface area contributed by atoms with Crippen molar-refractivity contribution in [3.8, 4) is 11.5 Å². The third-order valence-electron chi connectivity index (χ3n) is 3.23. The first-order chi connectivity index (χ1) is 11.8. The Morgan fingerprint density at radius 3 is 2.83 bits per heavy atom. The summed E-state index contributed by atoms with van der Waals surface area (Å²) in [4.78, 5) is 4.36. The summed E-state index contributed by atoms with van der Waals surface area (Å²) in [5.41, 5.74) is 0.746.